The molecular weight excluding hydrogens is 394 g/mol. The lowest BCUT2D eigenvalue weighted by Gasteiger charge is -2.26. The van der Waals surface area contributed by atoms with Crippen LogP contribution in [0.4, 0.5) is 0 Å². The van der Waals surface area contributed by atoms with Crippen LogP contribution in [0.15, 0.2) is 11.1 Å². The maximum Gasteiger partial charge on any atom is 0.348 e. The number of carbonyl (C=O) groups is 2. The fourth-order valence-electron chi connectivity index (χ4n) is 3.91. The molecule has 3 heterocycles. The average Bonchev–Trinajstić information content (AvgIpc) is 3.08. The number of nitrogens with zero attached hydrogens (tertiary/aromatic N) is 3. The number of thiophene rings is 1. The zero-order chi connectivity index (χ0) is 20.4. The number of hydrogen-bond acceptors (Lipinski definition) is 7. The number of amides is 1. The van der Waals surface area contributed by atoms with E-state index in [1.54, 1.807) is 11.8 Å². The highest BCUT2D eigenvalue weighted by Gasteiger charge is 2.25. The van der Waals surface area contributed by atoms with Gasteiger partial charge in [-0.3, -0.25) is 14.2 Å². The van der Waals surface area contributed by atoms with Crippen LogP contribution in [0.2, 0.25) is 0 Å². The van der Waals surface area contributed by atoms with Crippen molar-refractivity contribution in [3.63, 3.8) is 0 Å². The fourth-order valence-corrected chi connectivity index (χ4v) is 4.94. The molecule has 2 fully saturated rings. The minimum Gasteiger partial charge on any atom is -0.458 e. The summed E-state index contributed by atoms with van der Waals surface area (Å²) in [5.74, 6) is -0.519. The summed E-state index contributed by atoms with van der Waals surface area (Å²) in [6.45, 7) is 3.74. The van der Waals surface area contributed by atoms with Crippen molar-refractivity contribution in [3.8, 4) is 0 Å². The Morgan fingerprint density at radius 3 is 2.69 bits per heavy atom. The minimum atomic E-state index is -0.382. The highest BCUT2D eigenvalue weighted by Crippen LogP contribution is 2.29. The van der Waals surface area contributed by atoms with Crippen LogP contribution < -0.4 is 5.56 Å². The van der Waals surface area contributed by atoms with Crippen LogP contribution >= 0.6 is 11.3 Å². The zero-order valence-corrected chi connectivity index (χ0v) is 17.3. The van der Waals surface area contributed by atoms with Gasteiger partial charge in [-0.15, -0.1) is 11.3 Å². The number of rotatable bonds is 4. The lowest BCUT2D eigenvalue weighted by atomic mass is 9.98. The Hall–Kier alpha value is -2.26. The van der Waals surface area contributed by atoms with E-state index >= 15 is 0 Å². The van der Waals surface area contributed by atoms with Gasteiger partial charge in [0.05, 0.1) is 24.9 Å². The second kappa shape index (κ2) is 8.62. The first kappa shape index (κ1) is 20.0. The van der Waals surface area contributed by atoms with Crippen molar-refractivity contribution < 1.29 is 19.1 Å². The standard InChI is InChI=1S/C20H25N3O5S/c1-13-16-18(29-17(13)20(26)28-14-5-3-2-4-6-14)21-12-23(19(16)25)11-15(24)22-7-9-27-10-8-22/h12,14H,2-11H2,1H3. The van der Waals surface area contributed by atoms with Gasteiger partial charge < -0.3 is 14.4 Å². The molecule has 2 aliphatic rings. The van der Waals surface area contributed by atoms with Crippen LogP contribution in [0, 0.1) is 6.92 Å². The molecular formula is C20H25N3O5S. The molecule has 0 spiro atoms. The average molecular weight is 420 g/mol. The van der Waals surface area contributed by atoms with Crippen LogP contribution in [-0.4, -0.2) is 58.7 Å². The molecule has 8 nitrogen and oxygen atoms in total. The summed E-state index contributed by atoms with van der Waals surface area (Å²) >= 11 is 1.18. The number of hydrogen-bond donors (Lipinski definition) is 0. The van der Waals surface area contributed by atoms with Crippen molar-refractivity contribution in [1.82, 2.24) is 14.5 Å². The molecule has 29 heavy (non-hydrogen) atoms. The van der Waals surface area contributed by atoms with E-state index < -0.39 is 0 Å². The molecule has 1 saturated heterocycles. The van der Waals surface area contributed by atoms with E-state index in [-0.39, 0.29) is 30.1 Å². The molecule has 156 valence electrons. The van der Waals surface area contributed by atoms with Crippen molar-refractivity contribution >= 4 is 33.4 Å². The first-order valence-corrected chi connectivity index (χ1v) is 10.9. The molecule has 0 N–H and O–H groups in total. The van der Waals surface area contributed by atoms with Crippen LogP contribution in [0.25, 0.3) is 10.2 Å². The summed E-state index contributed by atoms with van der Waals surface area (Å²) in [6, 6.07) is 0. The molecule has 1 amide bonds. The SMILES string of the molecule is Cc1c(C(=O)OC2CCCCC2)sc2ncn(CC(=O)N3CCOCC3)c(=O)c12. The van der Waals surface area contributed by atoms with E-state index in [1.807, 2.05) is 0 Å². The van der Waals surface area contributed by atoms with Crippen LogP contribution in [-0.2, 0) is 20.8 Å². The minimum absolute atomic E-state index is 0.0448. The number of morpholine rings is 1. The number of aryl methyl sites for hydroxylation is 1. The molecule has 1 saturated carbocycles. The van der Waals surface area contributed by atoms with Gasteiger partial charge in [0.15, 0.2) is 0 Å². The number of fused-ring (bicyclic) bond motifs is 1. The molecule has 1 aliphatic carbocycles. The van der Waals surface area contributed by atoms with Crippen LogP contribution in [0.1, 0.15) is 47.3 Å². The normalized spacial score (nSPS) is 18.2. The van der Waals surface area contributed by atoms with Crippen molar-refractivity contribution in [2.24, 2.45) is 0 Å². The van der Waals surface area contributed by atoms with Crippen LogP contribution in [0.5, 0.6) is 0 Å². The van der Waals surface area contributed by atoms with E-state index in [4.69, 9.17) is 9.47 Å². The van der Waals surface area contributed by atoms with E-state index in [1.165, 1.54) is 28.7 Å². The quantitative estimate of drug-likeness (QED) is 0.705. The highest BCUT2D eigenvalue weighted by molar-refractivity contribution is 7.20. The molecule has 0 aromatic carbocycles. The van der Waals surface area contributed by atoms with Gasteiger partial charge in [0, 0.05) is 13.1 Å². The van der Waals surface area contributed by atoms with Crippen molar-refractivity contribution in [1.29, 1.82) is 0 Å². The maximum absolute atomic E-state index is 13.0. The largest absolute Gasteiger partial charge is 0.458 e. The summed E-state index contributed by atoms with van der Waals surface area (Å²) in [4.78, 5) is 45.1. The first-order chi connectivity index (χ1) is 14.0. The third-order valence-electron chi connectivity index (χ3n) is 5.60. The van der Waals surface area contributed by atoms with Gasteiger partial charge in [0.25, 0.3) is 5.56 Å². The second-order valence-corrected chi connectivity index (χ2v) is 8.57. The van der Waals surface area contributed by atoms with E-state index in [2.05, 4.69) is 4.98 Å². The summed E-state index contributed by atoms with van der Waals surface area (Å²) in [5, 5.41) is 0.392. The van der Waals surface area contributed by atoms with Crippen molar-refractivity contribution in [3.05, 3.63) is 27.1 Å². The number of carbonyl (C=O) groups excluding carboxylic acids is 2. The second-order valence-electron chi connectivity index (χ2n) is 7.57. The molecule has 2 aromatic rings. The Bertz CT molecular complexity index is 970. The number of ether oxygens (including phenoxy) is 2. The molecule has 0 bridgehead atoms. The Morgan fingerprint density at radius 1 is 1.24 bits per heavy atom. The lowest BCUT2D eigenvalue weighted by Crippen LogP contribution is -2.43. The Kier molecular flexibility index (Phi) is 5.96. The highest BCUT2D eigenvalue weighted by atomic mass is 32.1. The molecule has 0 atom stereocenters. The topological polar surface area (TPSA) is 90.7 Å². The molecule has 0 radical (unpaired) electrons. The maximum atomic E-state index is 13.0. The molecule has 1 aliphatic heterocycles. The third kappa shape index (κ3) is 4.20. The molecule has 4 rings (SSSR count). The van der Waals surface area contributed by atoms with Gasteiger partial charge in [-0.25, -0.2) is 9.78 Å². The Morgan fingerprint density at radius 2 is 1.97 bits per heavy atom. The number of aromatic nitrogens is 2. The van der Waals surface area contributed by atoms with Gasteiger partial charge in [0.1, 0.15) is 22.4 Å². The van der Waals surface area contributed by atoms with Crippen molar-refractivity contribution in [2.45, 2.75) is 51.7 Å². The summed E-state index contributed by atoms with van der Waals surface area (Å²) in [6.07, 6.45) is 6.46. The monoisotopic (exact) mass is 419 g/mol. The van der Waals surface area contributed by atoms with Gasteiger partial charge in [-0.1, -0.05) is 6.42 Å². The van der Waals surface area contributed by atoms with E-state index in [9.17, 15) is 14.4 Å². The van der Waals surface area contributed by atoms with Crippen LogP contribution in [0.3, 0.4) is 0 Å². The summed E-state index contributed by atoms with van der Waals surface area (Å²) < 4.78 is 12.2. The Labute approximate surface area is 172 Å². The van der Waals surface area contributed by atoms with Crippen molar-refractivity contribution in [2.75, 3.05) is 26.3 Å². The first-order valence-electron chi connectivity index (χ1n) is 10.1. The summed E-state index contributed by atoms with van der Waals surface area (Å²) in [5.41, 5.74) is 0.276. The molecule has 0 unspecified atom stereocenters. The third-order valence-corrected chi connectivity index (χ3v) is 6.78. The molecule has 2 aromatic heterocycles. The predicted octanol–water partition coefficient (Wildman–Crippen LogP) is 2.11. The van der Waals surface area contributed by atoms with Gasteiger partial charge in [0.2, 0.25) is 5.91 Å². The van der Waals surface area contributed by atoms with E-state index in [0.29, 0.717) is 47.0 Å². The molecule has 9 heteroatoms. The fraction of sp³-hybridized carbons (Fsp3) is 0.600. The lowest BCUT2D eigenvalue weighted by molar-refractivity contribution is -0.135. The van der Waals surface area contributed by atoms with Gasteiger partial charge in [-0.05, 0) is 38.2 Å². The predicted molar refractivity (Wildman–Crippen MR) is 108 cm³/mol. The van der Waals surface area contributed by atoms with Gasteiger partial charge >= 0.3 is 5.97 Å². The summed E-state index contributed by atoms with van der Waals surface area (Å²) in [7, 11) is 0. The number of esters is 1. The Balaban J connectivity index is 1.56. The zero-order valence-electron chi connectivity index (χ0n) is 16.5. The van der Waals surface area contributed by atoms with E-state index in [0.717, 1.165) is 25.7 Å². The smallest absolute Gasteiger partial charge is 0.348 e. The van der Waals surface area contributed by atoms with Gasteiger partial charge in [-0.2, -0.15) is 0 Å².